The van der Waals surface area contributed by atoms with E-state index in [-0.39, 0.29) is 28.7 Å². The van der Waals surface area contributed by atoms with E-state index >= 15 is 0 Å². The van der Waals surface area contributed by atoms with Crippen molar-refractivity contribution in [3.05, 3.63) is 95.9 Å². The lowest BCUT2D eigenvalue weighted by Gasteiger charge is -2.37. The molecular formula is C35H39N6O9P. The Balaban J connectivity index is 1.49. The number of carbonyl (C=O) groups excluding carboxylic acids is 3. The van der Waals surface area contributed by atoms with Crippen LogP contribution in [0.25, 0.3) is 5.52 Å². The number of nitrogens with one attached hydrogen (secondary N) is 1. The van der Waals surface area contributed by atoms with Crippen LogP contribution in [-0.2, 0) is 32.8 Å². The monoisotopic (exact) mass is 718 g/mol. The highest BCUT2D eigenvalue weighted by Crippen LogP contribution is 2.37. The van der Waals surface area contributed by atoms with Crippen LogP contribution in [0.2, 0.25) is 0 Å². The van der Waals surface area contributed by atoms with Crippen molar-refractivity contribution in [2.24, 2.45) is 0 Å². The van der Waals surface area contributed by atoms with Crippen LogP contribution in [0.5, 0.6) is 0 Å². The van der Waals surface area contributed by atoms with Crippen molar-refractivity contribution in [3.63, 3.8) is 0 Å². The average molecular weight is 719 g/mol. The molecule has 1 fully saturated rings. The fourth-order valence-corrected chi connectivity index (χ4v) is 6.58. The van der Waals surface area contributed by atoms with Gasteiger partial charge in [-0.1, -0.05) is 42.8 Å². The molecule has 1 saturated carbocycles. The summed E-state index contributed by atoms with van der Waals surface area (Å²) in [6.07, 6.45) is 2.14. The average Bonchev–Trinajstić information content (AvgIpc) is 3.60. The van der Waals surface area contributed by atoms with Gasteiger partial charge in [-0.25, -0.2) is 24.2 Å². The number of methoxy groups -OCH3 is 1. The van der Waals surface area contributed by atoms with Gasteiger partial charge in [0.25, 0.3) is 8.18 Å². The maximum absolute atomic E-state index is 13.7. The molecule has 51 heavy (non-hydrogen) atoms. The normalized spacial score (nSPS) is 16.9. The first-order valence-corrected chi connectivity index (χ1v) is 17.7. The second kappa shape index (κ2) is 17.2. The van der Waals surface area contributed by atoms with E-state index in [4.69, 9.17) is 29.2 Å². The Kier molecular flexibility index (Phi) is 12.5. The van der Waals surface area contributed by atoms with Gasteiger partial charge in [-0.15, -0.1) is 0 Å². The summed E-state index contributed by atoms with van der Waals surface area (Å²) < 4.78 is 43.5. The van der Waals surface area contributed by atoms with Crippen LogP contribution in [0, 0.1) is 11.3 Å². The smallest absolute Gasteiger partial charge is 0.338 e. The zero-order valence-electron chi connectivity index (χ0n) is 28.1. The first-order chi connectivity index (χ1) is 24.7. The number of aromatic nitrogens is 3. The highest BCUT2D eigenvalue weighted by atomic mass is 31.1. The Morgan fingerprint density at radius 3 is 2.24 bits per heavy atom. The van der Waals surface area contributed by atoms with E-state index in [0.29, 0.717) is 5.52 Å². The summed E-state index contributed by atoms with van der Waals surface area (Å²) >= 11 is 0. The number of hydrogen-bond donors (Lipinski definition) is 2. The summed E-state index contributed by atoms with van der Waals surface area (Å²) in [7, 11) is -2.08. The lowest BCUT2D eigenvalue weighted by Crippen LogP contribution is -2.53. The molecule has 1 aliphatic carbocycles. The summed E-state index contributed by atoms with van der Waals surface area (Å²) in [4.78, 5) is 44.0. The molecule has 1 aliphatic rings. The highest BCUT2D eigenvalue weighted by molar-refractivity contribution is 7.36. The lowest BCUT2D eigenvalue weighted by atomic mass is 9.92. The summed E-state index contributed by atoms with van der Waals surface area (Å²) in [5.41, 5.74) is 4.58. The van der Waals surface area contributed by atoms with Gasteiger partial charge in [0.1, 0.15) is 36.7 Å². The van der Waals surface area contributed by atoms with Crippen molar-refractivity contribution in [1.82, 2.24) is 19.7 Å². The van der Waals surface area contributed by atoms with Crippen LogP contribution in [0.1, 0.15) is 71.5 Å². The molecule has 2 unspecified atom stereocenters. The minimum absolute atomic E-state index is 0.102. The molecule has 0 bridgehead atoms. The van der Waals surface area contributed by atoms with Crippen molar-refractivity contribution in [2.75, 3.05) is 19.5 Å². The third kappa shape index (κ3) is 8.97. The van der Waals surface area contributed by atoms with Gasteiger partial charge in [-0.05, 0) is 69.0 Å². The quantitative estimate of drug-likeness (QED) is 0.0979. The Hall–Kier alpha value is -5.13. The maximum atomic E-state index is 13.7. The van der Waals surface area contributed by atoms with Gasteiger partial charge < -0.3 is 29.2 Å². The SMILES string of the molecule is COC(C#N)(CO[PH](=O)N[C@@H](C)C(=O)OC1CCCCC1)[C@@H](OC(=O)c1ccccc1)[C@@H](OC(=O)c1ccccc1)c1ccc2c(N)ncnn12. The molecule has 5 atom stereocenters. The Morgan fingerprint density at radius 1 is 1.00 bits per heavy atom. The van der Waals surface area contributed by atoms with Gasteiger partial charge in [0.05, 0.1) is 16.8 Å². The third-order valence-electron chi connectivity index (χ3n) is 8.52. The Bertz CT molecular complexity index is 1880. The van der Waals surface area contributed by atoms with E-state index < -0.39 is 56.5 Å². The van der Waals surface area contributed by atoms with E-state index in [2.05, 4.69) is 15.2 Å². The minimum Gasteiger partial charge on any atom is -0.461 e. The molecule has 2 aromatic carbocycles. The van der Waals surface area contributed by atoms with Crippen molar-refractivity contribution in [3.8, 4) is 6.07 Å². The van der Waals surface area contributed by atoms with Gasteiger partial charge in [0.2, 0.25) is 5.60 Å². The Labute approximate surface area is 294 Å². The number of fused-ring (bicyclic) bond motifs is 1. The molecule has 0 spiro atoms. The van der Waals surface area contributed by atoms with Crippen LogP contribution in [-0.4, -0.2) is 70.1 Å². The molecule has 2 heterocycles. The number of anilines is 1. The predicted octanol–water partition coefficient (Wildman–Crippen LogP) is 4.60. The topological polar surface area (TPSA) is 206 Å². The summed E-state index contributed by atoms with van der Waals surface area (Å²) in [5.74, 6) is -2.21. The summed E-state index contributed by atoms with van der Waals surface area (Å²) in [6.45, 7) is 0.724. The van der Waals surface area contributed by atoms with E-state index in [1.165, 1.54) is 48.1 Å². The van der Waals surface area contributed by atoms with Crippen molar-refractivity contribution in [2.45, 2.75) is 69.0 Å². The predicted molar refractivity (Wildman–Crippen MR) is 184 cm³/mol. The first-order valence-electron chi connectivity index (χ1n) is 16.4. The number of nitrogens with two attached hydrogens (primary N) is 1. The number of esters is 3. The molecular weight excluding hydrogens is 679 g/mol. The summed E-state index contributed by atoms with van der Waals surface area (Å²) in [6, 6.07) is 20.1. The molecule has 5 rings (SSSR count). The minimum atomic E-state index is -3.24. The van der Waals surface area contributed by atoms with Gasteiger partial charge >= 0.3 is 17.9 Å². The number of benzene rings is 2. The van der Waals surface area contributed by atoms with Gasteiger partial charge in [0.15, 0.2) is 18.0 Å². The van der Waals surface area contributed by atoms with Gasteiger partial charge in [-0.3, -0.25) is 9.36 Å². The molecule has 2 aromatic heterocycles. The molecule has 0 amide bonds. The standard InChI is InChI=1S/C35H39N6O9P/c1-23(32(42)48-26-16-10-5-11-17-26)40-51(45)47-21-35(20-36,46-2)30(50-34(44)25-14-8-4-9-15-25)29(49-33(43)24-12-6-3-7-13-24)27-18-19-28-31(37)38-22-39-41(27)28/h3-4,6-9,12-15,18-19,22-23,26,29-30,51H,5,10-11,16-17,21H2,1-2H3,(H,40,45)(H2,37,38,39)/t23-,29-,30-,35?/m0/s1. The van der Waals surface area contributed by atoms with Crippen LogP contribution in [0.15, 0.2) is 79.1 Å². The fourth-order valence-electron chi connectivity index (χ4n) is 5.68. The van der Waals surface area contributed by atoms with Crippen molar-refractivity contribution >= 4 is 37.4 Å². The van der Waals surface area contributed by atoms with Crippen LogP contribution < -0.4 is 10.8 Å². The molecule has 268 valence electrons. The number of nitrogen functional groups attached to an aromatic ring is 1. The number of ether oxygens (including phenoxy) is 4. The van der Waals surface area contributed by atoms with Crippen LogP contribution in [0.4, 0.5) is 5.82 Å². The number of nitrogens with zero attached hydrogens (tertiary/aromatic N) is 4. The second-order valence-electron chi connectivity index (χ2n) is 11.9. The molecule has 0 saturated heterocycles. The lowest BCUT2D eigenvalue weighted by molar-refractivity contribution is -0.152. The molecule has 16 heteroatoms. The van der Waals surface area contributed by atoms with Gasteiger partial charge in [0, 0.05) is 7.11 Å². The van der Waals surface area contributed by atoms with Crippen molar-refractivity contribution < 1.29 is 42.4 Å². The number of hydrogen-bond acceptors (Lipinski definition) is 13. The van der Waals surface area contributed by atoms with E-state index in [0.717, 1.165) is 39.2 Å². The van der Waals surface area contributed by atoms with E-state index in [1.807, 2.05) is 6.07 Å². The molecule has 0 radical (unpaired) electrons. The zero-order valence-corrected chi connectivity index (χ0v) is 29.1. The maximum Gasteiger partial charge on any atom is 0.338 e. The van der Waals surface area contributed by atoms with Crippen LogP contribution >= 0.6 is 8.18 Å². The zero-order chi connectivity index (χ0) is 36.4. The van der Waals surface area contributed by atoms with Gasteiger partial charge in [-0.2, -0.15) is 10.4 Å². The molecule has 3 N–H and O–H groups in total. The van der Waals surface area contributed by atoms with Crippen LogP contribution in [0.3, 0.4) is 0 Å². The third-order valence-corrected chi connectivity index (χ3v) is 9.59. The number of nitriles is 1. The molecule has 4 aromatic rings. The second-order valence-corrected chi connectivity index (χ2v) is 13.1. The van der Waals surface area contributed by atoms with Crippen molar-refractivity contribution in [1.29, 1.82) is 5.26 Å². The number of carbonyl (C=O) groups is 3. The fraction of sp³-hybridized carbons (Fsp3) is 0.371. The highest BCUT2D eigenvalue weighted by Gasteiger charge is 2.51. The van der Waals surface area contributed by atoms with E-state index in [1.54, 1.807) is 42.5 Å². The van der Waals surface area contributed by atoms with E-state index in [9.17, 15) is 24.2 Å². The summed E-state index contributed by atoms with van der Waals surface area (Å²) in [5, 5.41) is 17.6. The largest absolute Gasteiger partial charge is 0.461 e. The molecule has 0 aliphatic heterocycles. The Morgan fingerprint density at radius 2 is 1.63 bits per heavy atom. The molecule has 15 nitrogen and oxygen atoms in total. The number of rotatable bonds is 15. The first kappa shape index (κ1) is 37.1.